The summed E-state index contributed by atoms with van der Waals surface area (Å²) >= 11 is 1.59. The number of aliphatic hydroxyl groups is 1. The van der Waals surface area contributed by atoms with Gasteiger partial charge >= 0.3 is 0 Å². The SMILES string of the molecule is CS(=O)(=O)O.Cc1c(O)cccc1C(=O)N[C@@H](CSc1ccccc1)[C@H](O)CC1C[C@H]2CCCC[C@H]2C[C@H]1C(=O)NC(C)(C)C.O. The van der Waals surface area contributed by atoms with E-state index in [0.29, 0.717) is 41.4 Å². The van der Waals surface area contributed by atoms with Crippen LogP contribution in [-0.2, 0) is 14.9 Å². The number of hydrogen-bond donors (Lipinski definition) is 5. The summed E-state index contributed by atoms with van der Waals surface area (Å²) in [7, 11) is -3.67. The number of benzene rings is 2. The number of hydrogen-bond acceptors (Lipinski definition) is 7. The Balaban J connectivity index is 0.00000114. The molecule has 1 unspecified atom stereocenters. The number of thioether (sulfide) groups is 1. The zero-order valence-corrected chi connectivity index (χ0v) is 29.2. The second-order valence-electron chi connectivity index (χ2n) is 13.6. The molecule has 46 heavy (non-hydrogen) atoms. The summed E-state index contributed by atoms with van der Waals surface area (Å²) in [5.41, 5.74) is 0.594. The summed E-state index contributed by atoms with van der Waals surface area (Å²) in [6.45, 7) is 7.75. The van der Waals surface area contributed by atoms with Crippen LogP contribution in [-0.4, -0.2) is 70.2 Å². The quantitative estimate of drug-likeness (QED) is 0.185. The number of aromatic hydroxyl groups is 1. The second-order valence-corrected chi connectivity index (χ2v) is 16.1. The second kappa shape index (κ2) is 17.5. The Hall–Kier alpha value is -2.64. The van der Waals surface area contributed by atoms with E-state index in [1.54, 1.807) is 36.9 Å². The van der Waals surface area contributed by atoms with Crippen LogP contribution in [0, 0.1) is 30.6 Å². The molecule has 2 amide bonds. The first-order chi connectivity index (χ1) is 21.0. The molecule has 0 radical (unpaired) electrons. The first-order valence-electron chi connectivity index (χ1n) is 15.7. The molecule has 4 rings (SSSR count). The van der Waals surface area contributed by atoms with Crippen molar-refractivity contribution in [3.05, 3.63) is 59.7 Å². The van der Waals surface area contributed by atoms with Gasteiger partial charge in [0.25, 0.3) is 16.0 Å². The number of phenols is 1. The number of phenolic OH excluding ortho intramolecular Hbond substituents is 1. The van der Waals surface area contributed by atoms with Crippen molar-refractivity contribution in [1.29, 1.82) is 0 Å². The molecule has 0 aliphatic heterocycles. The van der Waals surface area contributed by atoms with Crippen molar-refractivity contribution < 1.29 is 38.2 Å². The lowest BCUT2D eigenvalue weighted by atomic mass is 9.62. The maximum atomic E-state index is 13.5. The standard InChI is InChI=1S/C33H46N2O4S.CH4O3S.H2O/c1-21-26(15-10-16-29(21)36)31(38)34-28(20-40-25-13-6-5-7-14-25)30(37)19-24-17-22-11-8-9-12-23(22)18-27(24)32(39)35-33(2,3)4;1-5(2,3)4;/h5-7,10,13-16,22-24,27-28,30,36-37H,8-9,11-12,17-20H2,1-4H3,(H,34,38)(H,35,39);1H3,(H,2,3,4);1H2/t22-,23+,24?,27-,28+,30-;;/m1../s1. The summed E-state index contributed by atoms with van der Waals surface area (Å²) in [5.74, 6) is 1.43. The molecular weight excluding hydrogens is 629 g/mol. The Kier molecular flexibility index (Phi) is 15.0. The Morgan fingerprint density at radius 2 is 1.59 bits per heavy atom. The van der Waals surface area contributed by atoms with Gasteiger partial charge in [-0.15, -0.1) is 11.8 Å². The molecule has 2 aromatic carbocycles. The van der Waals surface area contributed by atoms with Crippen LogP contribution in [0.15, 0.2) is 53.4 Å². The van der Waals surface area contributed by atoms with Gasteiger partial charge in [-0.2, -0.15) is 8.42 Å². The minimum absolute atomic E-state index is 0. The highest BCUT2D eigenvalue weighted by molar-refractivity contribution is 7.99. The zero-order valence-electron chi connectivity index (χ0n) is 27.5. The topological polar surface area (TPSA) is 185 Å². The molecule has 12 heteroatoms. The minimum atomic E-state index is -3.67. The third-order valence-electron chi connectivity index (χ3n) is 8.68. The van der Waals surface area contributed by atoms with Crippen LogP contribution >= 0.6 is 11.8 Å². The minimum Gasteiger partial charge on any atom is -0.508 e. The molecule has 2 aliphatic carbocycles. The van der Waals surface area contributed by atoms with Crippen molar-refractivity contribution in [3.63, 3.8) is 0 Å². The smallest absolute Gasteiger partial charge is 0.261 e. The van der Waals surface area contributed by atoms with E-state index in [9.17, 15) is 28.2 Å². The molecule has 10 nitrogen and oxygen atoms in total. The third-order valence-corrected chi connectivity index (χ3v) is 9.81. The molecule has 6 atom stereocenters. The van der Waals surface area contributed by atoms with Crippen molar-refractivity contribution in [1.82, 2.24) is 10.6 Å². The van der Waals surface area contributed by atoms with Gasteiger partial charge in [-0.1, -0.05) is 49.9 Å². The van der Waals surface area contributed by atoms with Gasteiger partial charge < -0.3 is 26.3 Å². The van der Waals surface area contributed by atoms with E-state index in [1.807, 2.05) is 51.1 Å². The molecule has 0 bridgehead atoms. The van der Waals surface area contributed by atoms with E-state index in [0.717, 1.165) is 17.7 Å². The Bertz CT molecular complexity index is 1370. The summed E-state index contributed by atoms with van der Waals surface area (Å²) in [5, 5.41) is 28.1. The first-order valence-corrected chi connectivity index (χ1v) is 18.5. The molecular formula is C34H52N2O8S2. The highest BCUT2D eigenvalue weighted by Crippen LogP contribution is 2.47. The van der Waals surface area contributed by atoms with Crippen LogP contribution < -0.4 is 10.6 Å². The van der Waals surface area contributed by atoms with E-state index >= 15 is 0 Å². The number of amides is 2. The molecule has 258 valence electrons. The van der Waals surface area contributed by atoms with Crippen LogP contribution in [0.25, 0.3) is 0 Å². The number of aliphatic hydroxyl groups excluding tert-OH is 1. The lowest BCUT2D eigenvalue weighted by molar-refractivity contribution is -0.132. The zero-order chi connectivity index (χ0) is 33.4. The fourth-order valence-corrected chi connectivity index (χ4v) is 7.59. The van der Waals surface area contributed by atoms with Crippen molar-refractivity contribution in [3.8, 4) is 5.75 Å². The lowest BCUT2D eigenvalue weighted by Crippen LogP contribution is -2.51. The van der Waals surface area contributed by atoms with Gasteiger partial charge in [-0.25, -0.2) is 0 Å². The van der Waals surface area contributed by atoms with Gasteiger partial charge in [0.05, 0.1) is 18.4 Å². The molecule has 0 heterocycles. The summed E-state index contributed by atoms with van der Waals surface area (Å²) in [4.78, 5) is 27.9. The van der Waals surface area contributed by atoms with E-state index in [-0.39, 0.29) is 40.4 Å². The van der Waals surface area contributed by atoms with Crippen molar-refractivity contribution in [2.45, 2.75) is 95.2 Å². The number of carbonyl (C=O) groups is 2. The molecule has 0 spiro atoms. The number of carbonyl (C=O) groups excluding carboxylic acids is 2. The van der Waals surface area contributed by atoms with Gasteiger partial charge in [0, 0.05) is 33.2 Å². The van der Waals surface area contributed by atoms with E-state index in [4.69, 9.17) is 4.55 Å². The van der Waals surface area contributed by atoms with Crippen molar-refractivity contribution >= 4 is 33.7 Å². The maximum absolute atomic E-state index is 13.5. The van der Waals surface area contributed by atoms with Gasteiger partial charge in [0.15, 0.2) is 0 Å². The van der Waals surface area contributed by atoms with Gasteiger partial charge in [-0.3, -0.25) is 14.1 Å². The Morgan fingerprint density at radius 3 is 2.17 bits per heavy atom. The predicted molar refractivity (Wildman–Crippen MR) is 183 cm³/mol. The van der Waals surface area contributed by atoms with Crippen LogP contribution in [0.3, 0.4) is 0 Å². The van der Waals surface area contributed by atoms with Crippen molar-refractivity contribution in [2.75, 3.05) is 12.0 Å². The largest absolute Gasteiger partial charge is 0.508 e. The summed E-state index contributed by atoms with van der Waals surface area (Å²) < 4.78 is 25.9. The maximum Gasteiger partial charge on any atom is 0.261 e. The Morgan fingerprint density at radius 1 is 1.00 bits per heavy atom. The Labute approximate surface area is 278 Å². The fraction of sp³-hybridized carbons (Fsp3) is 0.588. The first kappa shape index (κ1) is 39.5. The molecule has 0 saturated heterocycles. The fourth-order valence-electron chi connectivity index (χ4n) is 6.56. The molecule has 2 saturated carbocycles. The monoisotopic (exact) mass is 680 g/mol. The van der Waals surface area contributed by atoms with Crippen LogP contribution in [0.4, 0.5) is 0 Å². The van der Waals surface area contributed by atoms with Crippen molar-refractivity contribution in [2.24, 2.45) is 23.7 Å². The van der Waals surface area contributed by atoms with Gasteiger partial charge in [0.2, 0.25) is 5.91 Å². The number of rotatable bonds is 9. The number of nitrogens with one attached hydrogen (secondary N) is 2. The molecule has 7 N–H and O–H groups in total. The average molecular weight is 681 g/mol. The van der Waals surface area contributed by atoms with Crippen LogP contribution in [0.1, 0.15) is 81.6 Å². The third kappa shape index (κ3) is 12.9. The van der Waals surface area contributed by atoms with Gasteiger partial charge in [0.1, 0.15) is 5.75 Å². The molecule has 2 aliphatic rings. The van der Waals surface area contributed by atoms with Crippen LogP contribution in [0.5, 0.6) is 5.75 Å². The van der Waals surface area contributed by atoms with E-state index in [2.05, 4.69) is 10.6 Å². The highest BCUT2D eigenvalue weighted by atomic mass is 32.2. The number of fused-ring (bicyclic) bond motifs is 1. The molecule has 0 aromatic heterocycles. The summed E-state index contributed by atoms with van der Waals surface area (Å²) in [6.07, 6.45) is 7.06. The van der Waals surface area contributed by atoms with Crippen LogP contribution in [0.2, 0.25) is 0 Å². The molecule has 2 fully saturated rings. The van der Waals surface area contributed by atoms with E-state index < -0.39 is 22.3 Å². The summed E-state index contributed by atoms with van der Waals surface area (Å²) in [6, 6.07) is 14.3. The highest BCUT2D eigenvalue weighted by Gasteiger charge is 2.43. The average Bonchev–Trinajstić information content (AvgIpc) is 2.95. The normalized spacial score (nSPS) is 22.5. The van der Waals surface area contributed by atoms with Gasteiger partial charge in [-0.05, 0) is 89.0 Å². The predicted octanol–water partition coefficient (Wildman–Crippen LogP) is 4.77. The lowest BCUT2D eigenvalue weighted by Gasteiger charge is -2.45. The van der Waals surface area contributed by atoms with E-state index in [1.165, 1.54) is 25.7 Å². The molecule has 2 aromatic rings.